The third-order valence-electron chi connectivity index (χ3n) is 2.68. The molecule has 1 aromatic carbocycles. The van der Waals surface area contributed by atoms with Crippen molar-refractivity contribution in [2.75, 3.05) is 18.1 Å². The van der Waals surface area contributed by atoms with E-state index < -0.39 is 21.7 Å². The van der Waals surface area contributed by atoms with Crippen LogP contribution in [0.1, 0.15) is 22.3 Å². The predicted octanol–water partition coefficient (Wildman–Crippen LogP) is 0.362. The molecule has 0 aliphatic heterocycles. The minimum Gasteiger partial charge on any atom is -0.492 e. The number of carboxylic acids is 1. The minimum atomic E-state index is -3.46. The maximum Gasteiger partial charge on any atom is 0.339 e. The number of nitrogens with two attached hydrogens (primary N) is 1. The molecule has 0 heterocycles. The van der Waals surface area contributed by atoms with Crippen molar-refractivity contribution < 1.29 is 27.9 Å². The Hall–Kier alpha value is -2.09. The van der Waals surface area contributed by atoms with Gasteiger partial charge in [-0.15, -0.1) is 0 Å². The van der Waals surface area contributed by atoms with Gasteiger partial charge in [-0.3, -0.25) is 4.79 Å². The summed E-state index contributed by atoms with van der Waals surface area (Å²) in [5, 5.41) is 9.01. The Morgan fingerprint density at radius 3 is 2.52 bits per heavy atom. The molecule has 1 rings (SSSR count). The highest BCUT2D eigenvalue weighted by Crippen LogP contribution is 2.20. The molecule has 116 valence electrons. The predicted molar refractivity (Wildman–Crippen MR) is 76.1 cm³/mol. The number of carboxylic acid groups (broad SMARTS) is 1. The van der Waals surface area contributed by atoms with Crippen LogP contribution >= 0.6 is 0 Å². The maximum absolute atomic E-state index is 11.6. The first-order valence-corrected chi connectivity index (χ1v) is 7.99. The van der Waals surface area contributed by atoms with Crippen molar-refractivity contribution in [3.05, 3.63) is 29.3 Å². The zero-order chi connectivity index (χ0) is 16.0. The summed E-state index contributed by atoms with van der Waals surface area (Å²) in [7, 11) is -3.46. The average Bonchev–Trinajstić information content (AvgIpc) is 2.36. The van der Waals surface area contributed by atoms with Crippen LogP contribution < -0.4 is 10.5 Å². The molecule has 0 unspecified atom stereocenters. The van der Waals surface area contributed by atoms with E-state index in [1.165, 1.54) is 12.1 Å². The van der Waals surface area contributed by atoms with Crippen LogP contribution in [0.5, 0.6) is 5.75 Å². The van der Waals surface area contributed by atoms with E-state index in [2.05, 4.69) is 0 Å². The third-order valence-corrected chi connectivity index (χ3v) is 4.29. The molecule has 1 aromatic rings. The summed E-state index contributed by atoms with van der Waals surface area (Å²) in [6.07, 6.45) is -0.243. The Kier molecular flexibility index (Phi) is 5.71. The molecule has 3 N–H and O–H groups in total. The van der Waals surface area contributed by atoms with Gasteiger partial charge < -0.3 is 15.6 Å². The molecule has 0 aliphatic rings. The molecule has 0 aromatic heterocycles. The number of hydrogen-bond donors (Lipinski definition) is 2. The van der Waals surface area contributed by atoms with Gasteiger partial charge in [0.05, 0.1) is 11.5 Å². The van der Waals surface area contributed by atoms with Crippen LogP contribution in [0.3, 0.4) is 0 Å². The lowest BCUT2D eigenvalue weighted by Gasteiger charge is -2.10. The third kappa shape index (κ3) is 5.82. The summed E-state index contributed by atoms with van der Waals surface area (Å²) in [6, 6.07) is 4.55. The molecular weight excluding hydrogens is 298 g/mol. The largest absolute Gasteiger partial charge is 0.492 e. The van der Waals surface area contributed by atoms with E-state index in [-0.39, 0.29) is 35.8 Å². The van der Waals surface area contributed by atoms with E-state index in [9.17, 15) is 18.0 Å². The van der Waals surface area contributed by atoms with Gasteiger partial charge in [-0.1, -0.05) is 6.07 Å². The summed E-state index contributed by atoms with van der Waals surface area (Å²) in [5.74, 6) is -2.38. The fourth-order valence-corrected chi connectivity index (χ4v) is 2.62. The molecule has 21 heavy (non-hydrogen) atoms. The lowest BCUT2D eigenvalue weighted by Crippen LogP contribution is -2.22. The number of hydrogen-bond acceptors (Lipinski definition) is 5. The second kappa shape index (κ2) is 7.07. The second-order valence-electron chi connectivity index (χ2n) is 4.52. The van der Waals surface area contributed by atoms with Crippen LogP contribution in [0, 0.1) is 6.92 Å². The van der Waals surface area contributed by atoms with Gasteiger partial charge in [0.25, 0.3) is 0 Å². The van der Waals surface area contributed by atoms with Gasteiger partial charge in [0, 0.05) is 6.42 Å². The standard InChI is InChI=1S/C13H17NO6S/c1-9-2-3-10(13(16)17)11(8-9)20-5-7-21(18,19)6-4-12(14)15/h2-3,8H,4-7H2,1H3,(H2,14,15)(H,16,17). The fraction of sp³-hybridized carbons (Fsp3) is 0.385. The Morgan fingerprint density at radius 1 is 1.29 bits per heavy atom. The summed E-state index contributed by atoms with van der Waals surface area (Å²) in [6.45, 7) is 1.58. The van der Waals surface area contributed by atoms with E-state index >= 15 is 0 Å². The normalized spacial score (nSPS) is 11.1. The monoisotopic (exact) mass is 315 g/mol. The first kappa shape index (κ1) is 17.0. The van der Waals surface area contributed by atoms with Crippen molar-refractivity contribution >= 4 is 21.7 Å². The van der Waals surface area contributed by atoms with Gasteiger partial charge in [0.2, 0.25) is 5.91 Å². The molecule has 1 amide bonds. The second-order valence-corrected chi connectivity index (χ2v) is 6.82. The van der Waals surface area contributed by atoms with Gasteiger partial charge in [0.1, 0.15) is 17.9 Å². The number of carbonyl (C=O) groups excluding carboxylic acids is 1. The lowest BCUT2D eigenvalue weighted by molar-refractivity contribution is -0.117. The summed E-state index contributed by atoms with van der Waals surface area (Å²) in [4.78, 5) is 21.6. The summed E-state index contributed by atoms with van der Waals surface area (Å²) in [5.41, 5.74) is 5.65. The Morgan fingerprint density at radius 2 is 1.95 bits per heavy atom. The number of aromatic carboxylic acids is 1. The van der Waals surface area contributed by atoms with Crippen molar-refractivity contribution in [2.24, 2.45) is 5.73 Å². The van der Waals surface area contributed by atoms with E-state index in [4.69, 9.17) is 15.6 Å². The zero-order valence-electron chi connectivity index (χ0n) is 11.5. The summed E-state index contributed by atoms with van der Waals surface area (Å²) >= 11 is 0. The zero-order valence-corrected chi connectivity index (χ0v) is 12.4. The number of rotatable bonds is 8. The van der Waals surface area contributed by atoms with E-state index in [1.54, 1.807) is 13.0 Å². The van der Waals surface area contributed by atoms with Crippen molar-refractivity contribution in [2.45, 2.75) is 13.3 Å². The molecule has 0 aliphatic carbocycles. The molecule has 0 saturated carbocycles. The Bertz CT molecular complexity index is 638. The van der Waals surface area contributed by atoms with Crippen molar-refractivity contribution in [3.8, 4) is 5.75 Å². The molecule has 8 heteroatoms. The molecule has 0 fully saturated rings. The number of benzene rings is 1. The number of amides is 1. The van der Waals surface area contributed by atoms with Crippen molar-refractivity contribution in [1.29, 1.82) is 0 Å². The van der Waals surface area contributed by atoms with Gasteiger partial charge >= 0.3 is 5.97 Å². The Labute approximate surface area is 122 Å². The quantitative estimate of drug-likeness (QED) is 0.714. The highest BCUT2D eigenvalue weighted by molar-refractivity contribution is 7.91. The van der Waals surface area contributed by atoms with Gasteiger partial charge in [-0.25, -0.2) is 13.2 Å². The summed E-state index contributed by atoms with van der Waals surface area (Å²) < 4.78 is 28.5. The van der Waals surface area contributed by atoms with Crippen LogP contribution in [0.25, 0.3) is 0 Å². The Balaban J connectivity index is 2.66. The average molecular weight is 315 g/mol. The van der Waals surface area contributed by atoms with Crippen LogP contribution in [0.4, 0.5) is 0 Å². The number of sulfone groups is 1. The molecule has 0 bridgehead atoms. The molecule has 0 atom stereocenters. The number of primary amides is 1. The topological polar surface area (TPSA) is 124 Å². The maximum atomic E-state index is 11.6. The number of ether oxygens (including phenoxy) is 1. The van der Waals surface area contributed by atoms with Crippen LogP contribution in [-0.2, 0) is 14.6 Å². The van der Waals surface area contributed by atoms with Crippen LogP contribution in [0.15, 0.2) is 18.2 Å². The molecule has 0 radical (unpaired) electrons. The number of aryl methyl sites for hydroxylation is 1. The van der Waals surface area contributed by atoms with E-state index in [0.717, 1.165) is 5.56 Å². The smallest absolute Gasteiger partial charge is 0.339 e. The van der Waals surface area contributed by atoms with Gasteiger partial charge in [-0.2, -0.15) is 0 Å². The molecule has 0 spiro atoms. The molecule has 0 saturated heterocycles. The lowest BCUT2D eigenvalue weighted by atomic mass is 10.1. The van der Waals surface area contributed by atoms with E-state index in [0.29, 0.717) is 0 Å². The van der Waals surface area contributed by atoms with Crippen molar-refractivity contribution in [3.63, 3.8) is 0 Å². The van der Waals surface area contributed by atoms with Crippen molar-refractivity contribution in [1.82, 2.24) is 0 Å². The van der Waals surface area contributed by atoms with Gasteiger partial charge in [0.15, 0.2) is 9.84 Å². The van der Waals surface area contributed by atoms with Crippen LogP contribution in [0.2, 0.25) is 0 Å². The van der Waals surface area contributed by atoms with Crippen LogP contribution in [-0.4, -0.2) is 43.5 Å². The molecular formula is C13H17NO6S. The van der Waals surface area contributed by atoms with E-state index in [1.807, 2.05) is 0 Å². The van der Waals surface area contributed by atoms with Gasteiger partial charge in [-0.05, 0) is 24.6 Å². The highest BCUT2D eigenvalue weighted by Gasteiger charge is 2.15. The minimum absolute atomic E-state index is 0.0323. The number of carbonyl (C=O) groups is 2. The first-order chi connectivity index (χ1) is 9.71. The molecule has 7 nitrogen and oxygen atoms in total. The first-order valence-electron chi connectivity index (χ1n) is 6.17. The SMILES string of the molecule is Cc1ccc(C(=O)O)c(OCCS(=O)(=O)CCC(N)=O)c1. The highest BCUT2D eigenvalue weighted by atomic mass is 32.2. The fourth-order valence-electron chi connectivity index (χ4n) is 1.56.